The van der Waals surface area contributed by atoms with Crippen LogP contribution in [0.25, 0.3) is 0 Å². The van der Waals surface area contributed by atoms with Crippen molar-refractivity contribution in [2.45, 2.75) is 63.2 Å². The lowest BCUT2D eigenvalue weighted by atomic mass is 9.96. The number of aromatic nitrogens is 2. The third-order valence-electron chi connectivity index (χ3n) is 5.34. The van der Waals surface area contributed by atoms with E-state index in [0.29, 0.717) is 11.2 Å². The fourth-order valence-electron chi connectivity index (χ4n) is 3.77. The molecule has 0 spiro atoms. The molecule has 0 saturated carbocycles. The lowest BCUT2D eigenvalue weighted by Gasteiger charge is -2.35. The Morgan fingerprint density at radius 3 is 2.48 bits per heavy atom. The molecule has 8 heteroatoms. The van der Waals surface area contributed by atoms with Gasteiger partial charge < -0.3 is 19.9 Å². The van der Waals surface area contributed by atoms with E-state index >= 15 is 0 Å². The minimum atomic E-state index is -0.456. The van der Waals surface area contributed by atoms with Crippen molar-refractivity contribution in [3.63, 3.8) is 0 Å². The van der Waals surface area contributed by atoms with Crippen LogP contribution in [-0.4, -0.2) is 58.5 Å². The van der Waals surface area contributed by atoms with E-state index in [1.807, 2.05) is 43.5 Å². The first-order valence-electron chi connectivity index (χ1n) is 11.6. The third-order valence-corrected chi connectivity index (χ3v) is 6.36. The van der Waals surface area contributed by atoms with Crippen molar-refractivity contribution in [1.29, 1.82) is 0 Å². The minimum Gasteiger partial charge on any atom is -0.444 e. The Bertz CT molecular complexity index is 906. The molecule has 1 saturated heterocycles. The van der Waals surface area contributed by atoms with Crippen LogP contribution in [0.15, 0.2) is 41.6 Å². The molecule has 2 heterocycles. The van der Waals surface area contributed by atoms with Crippen LogP contribution in [0.1, 0.15) is 47.5 Å². The smallest absolute Gasteiger partial charge is 0.410 e. The number of ether oxygens (including phenoxy) is 1. The zero-order chi connectivity index (χ0) is 24.0. The molecule has 33 heavy (non-hydrogen) atoms. The predicted octanol–water partition coefficient (Wildman–Crippen LogP) is 5.80. The van der Waals surface area contributed by atoms with Crippen LogP contribution in [0, 0.1) is 5.92 Å². The van der Waals surface area contributed by atoms with Crippen LogP contribution in [0.4, 0.5) is 22.1 Å². The standard InChI is InChI=1S/C25H37N5O2S/c1-18(2)33-21-9-7-20(8-10-21)28-22-15-23(27-17-26-22)29(6)16-19-11-13-30(14-12-19)24(31)32-25(3,4)5/h7-10,15,17-19H,11-14,16H2,1-6H3,(H,26,27,28). The van der Waals surface area contributed by atoms with Crippen LogP contribution in [-0.2, 0) is 4.74 Å². The summed E-state index contributed by atoms with van der Waals surface area (Å²) in [7, 11) is 2.06. The zero-order valence-corrected chi connectivity index (χ0v) is 21.5. The molecule has 0 bridgehead atoms. The first kappa shape index (κ1) is 25.1. The van der Waals surface area contributed by atoms with Crippen molar-refractivity contribution in [3.8, 4) is 0 Å². The second kappa shape index (κ2) is 11.1. The summed E-state index contributed by atoms with van der Waals surface area (Å²) in [5, 5.41) is 3.94. The molecular weight excluding hydrogens is 434 g/mol. The molecule has 0 atom stereocenters. The molecular formula is C25H37N5O2S. The minimum absolute atomic E-state index is 0.211. The van der Waals surface area contributed by atoms with E-state index in [0.717, 1.165) is 49.8 Å². The first-order chi connectivity index (χ1) is 15.6. The quantitative estimate of drug-likeness (QED) is 0.511. The van der Waals surface area contributed by atoms with E-state index in [1.54, 1.807) is 6.33 Å². The number of piperidine rings is 1. The highest BCUT2D eigenvalue weighted by Gasteiger charge is 2.27. The normalized spacial score (nSPS) is 14.9. The van der Waals surface area contributed by atoms with Crippen molar-refractivity contribution in [2.75, 3.05) is 36.9 Å². The van der Waals surface area contributed by atoms with Gasteiger partial charge in [0.05, 0.1) is 0 Å². The van der Waals surface area contributed by atoms with Crippen LogP contribution < -0.4 is 10.2 Å². The van der Waals surface area contributed by atoms with E-state index in [1.165, 1.54) is 4.90 Å². The number of hydrogen-bond donors (Lipinski definition) is 1. The summed E-state index contributed by atoms with van der Waals surface area (Å²) < 4.78 is 5.50. The van der Waals surface area contributed by atoms with Crippen LogP contribution >= 0.6 is 11.8 Å². The average Bonchev–Trinajstić information content (AvgIpc) is 2.74. The molecule has 1 aliphatic heterocycles. The second-order valence-corrected chi connectivity index (χ2v) is 11.5. The van der Waals surface area contributed by atoms with Crippen molar-refractivity contribution < 1.29 is 9.53 Å². The summed E-state index contributed by atoms with van der Waals surface area (Å²) in [4.78, 5) is 26.4. The molecule has 1 aromatic heterocycles. The summed E-state index contributed by atoms with van der Waals surface area (Å²) >= 11 is 1.85. The Balaban J connectivity index is 1.51. The van der Waals surface area contributed by atoms with Gasteiger partial charge in [0.15, 0.2) is 0 Å². The Hall–Kier alpha value is -2.48. The van der Waals surface area contributed by atoms with Gasteiger partial charge in [0.25, 0.3) is 0 Å². The molecule has 0 unspecified atom stereocenters. The number of likely N-dealkylation sites (tertiary alicyclic amines) is 1. The largest absolute Gasteiger partial charge is 0.444 e. The number of nitrogens with one attached hydrogen (secondary N) is 1. The lowest BCUT2D eigenvalue weighted by molar-refractivity contribution is 0.0186. The molecule has 0 radical (unpaired) electrons. The van der Waals surface area contributed by atoms with Gasteiger partial charge in [0.2, 0.25) is 0 Å². The molecule has 1 fully saturated rings. The van der Waals surface area contributed by atoms with Gasteiger partial charge in [-0.15, -0.1) is 11.8 Å². The Labute approximate surface area is 202 Å². The highest BCUT2D eigenvalue weighted by molar-refractivity contribution is 7.99. The number of benzene rings is 1. The molecule has 180 valence electrons. The van der Waals surface area contributed by atoms with E-state index in [-0.39, 0.29) is 6.09 Å². The average molecular weight is 472 g/mol. The predicted molar refractivity (Wildman–Crippen MR) is 137 cm³/mol. The highest BCUT2D eigenvalue weighted by Crippen LogP contribution is 2.26. The molecule has 1 aliphatic rings. The van der Waals surface area contributed by atoms with Crippen LogP contribution in [0.2, 0.25) is 0 Å². The molecule has 1 aromatic carbocycles. The number of carbonyl (C=O) groups is 1. The van der Waals surface area contributed by atoms with Crippen molar-refractivity contribution in [1.82, 2.24) is 14.9 Å². The Morgan fingerprint density at radius 1 is 1.21 bits per heavy atom. The molecule has 1 N–H and O–H groups in total. The van der Waals surface area contributed by atoms with Gasteiger partial charge in [0.1, 0.15) is 23.6 Å². The number of hydrogen-bond acceptors (Lipinski definition) is 7. The monoisotopic (exact) mass is 471 g/mol. The van der Waals surface area contributed by atoms with Gasteiger partial charge in [-0.05, 0) is 63.8 Å². The number of nitrogens with zero attached hydrogens (tertiary/aromatic N) is 4. The van der Waals surface area contributed by atoms with E-state index in [2.05, 4.69) is 65.3 Å². The van der Waals surface area contributed by atoms with Crippen molar-refractivity contribution in [3.05, 3.63) is 36.7 Å². The molecule has 0 aliphatic carbocycles. The molecule has 1 amide bonds. The SMILES string of the molecule is CC(C)Sc1ccc(Nc2cc(N(C)CC3CCN(C(=O)OC(C)(C)C)CC3)ncn2)cc1. The van der Waals surface area contributed by atoms with E-state index < -0.39 is 5.60 Å². The lowest BCUT2D eigenvalue weighted by Crippen LogP contribution is -2.43. The van der Waals surface area contributed by atoms with Crippen LogP contribution in [0.3, 0.4) is 0 Å². The number of rotatable bonds is 7. The van der Waals surface area contributed by atoms with Crippen LogP contribution in [0.5, 0.6) is 0 Å². The number of anilines is 3. The molecule has 7 nitrogen and oxygen atoms in total. The van der Waals surface area contributed by atoms with E-state index in [9.17, 15) is 4.79 Å². The van der Waals surface area contributed by atoms with Crippen molar-refractivity contribution in [2.24, 2.45) is 5.92 Å². The maximum Gasteiger partial charge on any atom is 0.410 e. The fraction of sp³-hybridized carbons (Fsp3) is 0.560. The zero-order valence-electron chi connectivity index (χ0n) is 20.7. The summed E-state index contributed by atoms with van der Waals surface area (Å²) in [5.74, 6) is 2.16. The van der Waals surface area contributed by atoms with Gasteiger partial charge in [-0.25, -0.2) is 14.8 Å². The summed E-state index contributed by atoms with van der Waals surface area (Å²) in [6.45, 7) is 12.4. The highest BCUT2D eigenvalue weighted by atomic mass is 32.2. The number of carbonyl (C=O) groups excluding carboxylic acids is 1. The topological polar surface area (TPSA) is 70.6 Å². The van der Waals surface area contributed by atoms with Gasteiger partial charge in [-0.1, -0.05) is 13.8 Å². The summed E-state index contributed by atoms with van der Waals surface area (Å²) in [6, 6.07) is 10.4. The van der Waals surface area contributed by atoms with Gasteiger partial charge >= 0.3 is 6.09 Å². The second-order valence-electron chi connectivity index (χ2n) is 9.87. The van der Waals surface area contributed by atoms with Gasteiger partial charge in [-0.3, -0.25) is 0 Å². The molecule has 2 aromatic rings. The third kappa shape index (κ3) is 8.11. The summed E-state index contributed by atoms with van der Waals surface area (Å²) in [6.07, 6.45) is 3.31. The van der Waals surface area contributed by atoms with Gasteiger partial charge in [-0.2, -0.15) is 0 Å². The van der Waals surface area contributed by atoms with Gasteiger partial charge in [0, 0.05) is 48.6 Å². The Morgan fingerprint density at radius 2 is 1.88 bits per heavy atom. The maximum absolute atomic E-state index is 12.3. The number of amides is 1. The number of thioether (sulfide) groups is 1. The first-order valence-corrected chi connectivity index (χ1v) is 12.5. The van der Waals surface area contributed by atoms with E-state index in [4.69, 9.17) is 4.74 Å². The fourth-order valence-corrected chi connectivity index (χ4v) is 4.60. The van der Waals surface area contributed by atoms with Crippen molar-refractivity contribution >= 4 is 35.2 Å². The Kier molecular flexibility index (Phi) is 8.46. The maximum atomic E-state index is 12.3. The molecule has 3 rings (SSSR count). The summed E-state index contributed by atoms with van der Waals surface area (Å²) in [5.41, 5.74) is 0.548.